The highest BCUT2D eigenvalue weighted by atomic mass is 32.2. The molecule has 1 aliphatic rings. The molecular weight excluding hydrogens is 460 g/mol. The SMILES string of the molecule is CCc1ccc(N=C2SC(=Cc3ccccc3OCC(=O)O)C(=O)N2c2ccc(CC)cc2)cc1. The molecule has 1 fully saturated rings. The third kappa shape index (κ3) is 5.81. The van der Waals surface area contributed by atoms with E-state index in [9.17, 15) is 9.59 Å². The zero-order valence-electron chi connectivity index (χ0n) is 19.6. The van der Waals surface area contributed by atoms with Crippen molar-refractivity contribution in [3.63, 3.8) is 0 Å². The van der Waals surface area contributed by atoms with Gasteiger partial charge in [0.15, 0.2) is 11.8 Å². The number of aliphatic carboxylic acids is 1. The van der Waals surface area contributed by atoms with Crippen LogP contribution in [0.2, 0.25) is 0 Å². The van der Waals surface area contributed by atoms with Crippen molar-refractivity contribution in [2.75, 3.05) is 11.5 Å². The van der Waals surface area contributed by atoms with Gasteiger partial charge in [-0.2, -0.15) is 0 Å². The molecule has 1 aliphatic heterocycles. The van der Waals surface area contributed by atoms with Crippen molar-refractivity contribution >= 4 is 46.3 Å². The molecule has 0 aromatic heterocycles. The monoisotopic (exact) mass is 486 g/mol. The van der Waals surface area contributed by atoms with E-state index in [1.807, 2.05) is 54.6 Å². The lowest BCUT2D eigenvalue weighted by molar-refractivity contribution is -0.139. The van der Waals surface area contributed by atoms with Crippen LogP contribution in [-0.2, 0) is 22.4 Å². The number of thioether (sulfide) groups is 1. The van der Waals surface area contributed by atoms with Crippen molar-refractivity contribution in [3.8, 4) is 5.75 Å². The Morgan fingerprint density at radius 1 is 0.971 bits per heavy atom. The number of aryl methyl sites for hydroxylation is 2. The van der Waals surface area contributed by atoms with E-state index in [2.05, 4.69) is 13.8 Å². The molecule has 35 heavy (non-hydrogen) atoms. The number of aliphatic imine (C=N–C) groups is 1. The standard InChI is InChI=1S/C28H26N2O4S/c1-3-19-9-13-22(14-10-19)29-28-30(23-15-11-20(4-2)12-16-23)27(33)25(35-28)17-21-7-5-6-8-24(21)34-18-26(31)32/h5-17H,3-4,18H2,1-2H3,(H,31,32). The zero-order chi connectivity index (χ0) is 24.8. The minimum absolute atomic E-state index is 0.198. The number of anilines is 1. The second-order valence-electron chi connectivity index (χ2n) is 7.91. The third-order valence-corrected chi connectivity index (χ3v) is 6.50. The Labute approximate surface area is 209 Å². The quantitative estimate of drug-likeness (QED) is 0.390. The van der Waals surface area contributed by atoms with Crippen LogP contribution in [0.15, 0.2) is 82.7 Å². The zero-order valence-corrected chi connectivity index (χ0v) is 20.4. The lowest BCUT2D eigenvalue weighted by Crippen LogP contribution is -2.28. The van der Waals surface area contributed by atoms with Gasteiger partial charge in [0.05, 0.1) is 16.3 Å². The molecule has 0 bridgehead atoms. The van der Waals surface area contributed by atoms with Crippen LogP contribution in [0.4, 0.5) is 11.4 Å². The van der Waals surface area contributed by atoms with E-state index in [0.29, 0.717) is 21.4 Å². The summed E-state index contributed by atoms with van der Waals surface area (Å²) in [5.74, 6) is -0.865. The van der Waals surface area contributed by atoms with E-state index in [1.165, 1.54) is 22.9 Å². The van der Waals surface area contributed by atoms with Gasteiger partial charge in [-0.3, -0.25) is 9.69 Å². The number of carboxylic acids is 1. The number of ether oxygens (including phenoxy) is 1. The molecule has 7 heteroatoms. The molecule has 6 nitrogen and oxygen atoms in total. The average Bonchev–Trinajstić information content (AvgIpc) is 3.18. The topological polar surface area (TPSA) is 79.2 Å². The Morgan fingerprint density at radius 2 is 1.60 bits per heavy atom. The minimum Gasteiger partial charge on any atom is -0.481 e. The number of hydrogen-bond donors (Lipinski definition) is 1. The summed E-state index contributed by atoms with van der Waals surface area (Å²) < 4.78 is 5.42. The Morgan fingerprint density at radius 3 is 2.23 bits per heavy atom. The van der Waals surface area contributed by atoms with E-state index in [4.69, 9.17) is 14.8 Å². The first-order valence-electron chi connectivity index (χ1n) is 11.4. The molecule has 0 aliphatic carbocycles. The number of rotatable bonds is 8. The van der Waals surface area contributed by atoms with E-state index in [-0.39, 0.29) is 5.91 Å². The molecule has 1 saturated heterocycles. The highest BCUT2D eigenvalue weighted by molar-refractivity contribution is 8.19. The fraction of sp³-hybridized carbons (Fsp3) is 0.179. The van der Waals surface area contributed by atoms with Gasteiger partial charge in [0, 0.05) is 5.56 Å². The van der Waals surface area contributed by atoms with Gasteiger partial charge in [-0.05, 0) is 72.1 Å². The first-order valence-corrected chi connectivity index (χ1v) is 12.2. The van der Waals surface area contributed by atoms with Gasteiger partial charge in [-0.1, -0.05) is 56.3 Å². The van der Waals surface area contributed by atoms with Crippen LogP contribution in [0, 0.1) is 0 Å². The largest absolute Gasteiger partial charge is 0.481 e. The van der Waals surface area contributed by atoms with Gasteiger partial charge in [0.25, 0.3) is 5.91 Å². The Kier molecular flexibility index (Phi) is 7.67. The molecule has 0 spiro atoms. The molecule has 3 aromatic carbocycles. The highest BCUT2D eigenvalue weighted by Crippen LogP contribution is 2.38. The summed E-state index contributed by atoms with van der Waals surface area (Å²) in [4.78, 5) is 31.4. The summed E-state index contributed by atoms with van der Waals surface area (Å²) in [5.41, 5.74) is 4.53. The second kappa shape index (κ2) is 11.1. The normalized spacial score (nSPS) is 15.7. The van der Waals surface area contributed by atoms with Crippen molar-refractivity contribution in [2.45, 2.75) is 26.7 Å². The van der Waals surface area contributed by atoms with E-state index in [0.717, 1.165) is 24.2 Å². The molecule has 0 saturated carbocycles. The number of amidine groups is 1. The van der Waals surface area contributed by atoms with Crippen LogP contribution in [0.5, 0.6) is 5.75 Å². The maximum absolute atomic E-state index is 13.6. The van der Waals surface area contributed by atoms with Gasteiger partial charge in [-0.25, -0.2) is 9.79 Å². The third-order valence-electron chi connectivity index (χ3n) is 5.54. The van der Waals surface area contributed by atoms with Crippen molar-refractivity contribution in [1.29, 1.82) is 0 Å². The van der Waals surface area contributed by atoms with Crippen molar-refractivity contribution < 1.29 is 19.4 Å². The van der Waals surface area contributed by atoms with Gasteiger partial charge in [-0.15, -0.1) is 0 Å². The van der Waals surface area contributed by atoms with Gasteiger partial charge >= 0.3 is 5.97 Å². The fourth-order valence-electron chi connectivity index (χ4n) is 3.59. The predicted octanol–water partition coefficient (Wildman–Crippen LogP) is 6.08. The van der Waals surface area contributed by atoms with E-state index < -0.39 is 12.6 Å². The number of carbonyl (C=O) groups excluding carboxylic acids is 1. The fourth-order valence-corrected chi connectivity index (χ4v) is 4.58. The molecule has 3 aromatic rings. The summed E-state index contributed by atoms with van der Waals surface area (Å²) in [6, 6.07) is 22.9. The molecule has 1 N–H and O–H groups in total. The Balaban J connectivity index is 1.73. The van der Waals surface area contributed by atoms with Crippen LogP contribution in [-0.4, -0.2) is 28.8 Å². The van der Waals surface area contributed by atoms with E-state index in [1.54, 1.807) is 29.2 Å². The van der Waals surface area contributed by atoms with Crippen LogP contribution in [0.1, 0.15) is 30.5 Å². The summed E-state index contributed by atoms with van der Waals surface area (Å²) in [6.07, 6.45) is 3.57. The van der Waals surface area contributed by atoms with Crippen LogP contribution >= 0.6 is 11.8 Å². The van der Waals surface area contributed by atoms with Crippen LogP contribution in [0.25, 0.3) is 6.08 Å². The number of amides is 1. The molecule has 1 heterocycles. The molecule has 0 radical (unpaired) electrons. The minimum atomic E-state index is -1.07. The molecular formula is C28H26N2O4S. The van der Waals surface area contributed by atoms with Crippen molar-refractivity contribution in [2.24, 2.45) is 4.99 Å². The summed E-state index contributed by atoms with van der Waals surface area (Å²) >= 11 is 1.28. The van der Waals surface area contributed by atoms with Crippen molar-refractivity contribution in [3.05, 3.63) is 94.4 Å². The molecule has 0 atom stereocenters. The van der Waals surface area contributed by atoms with Crippen molar-refractivity contribution in [1.82, 2.24) is 0 Å². The maximum atomic E-state index is 13.6. The number of benzene rings is 3. The van der Waals surface area contributed by atoms with Gasteiger partial charge in [0.1, 0.15) is 5.75 Å². The molecule has 4 rings (SSSR count). The molecule has 178 valence electrons. The number of hydrogen-bond acceptors (Lipinski definition) is 5. The number of nitrogens with zero attached hydrogens (tertiary/aromatic N) is 2. The number of para-hydroxylation sites is 1. The van der Waals surface area contributed by atoms with Crippen LogP contribution < -0.4 is 9.64 Å². The van der Waals surface area contributed by atoms with E-state index >= 15 is 0 Å². The van der Waals surface area contributed by atoms with Gasteiger partial charge in [0.2, 0.25) is 0 Å². The summed E-state index contributed by atoms with van der Waals surface area (Å²) in [6.45, 7) is 3.73. The summed E-state index contributed by atoms with van der Waals surface area (Å²) in [5, 5.41) is 9.53. The highest BCUT2D eigenvalue weighted by Gasteiger charge is 2.35. The lowest BCUT2D eigenvalue weighted by Gasteiger charge is -2.16. The Bertz CT molecular complexity index is 1280. The molecule has 0 unspecified atom stereocenters. The first kappa shape index (κ1) is 24.3. The number of carbonyl (C=O) groups is 2. The average molecular weight is 487 g/mol. The summed E-state index contributed by atoms with van der Waals surface area (Å²) in [7, 11) is 0. The smallest absolute Gasteiger partial charge is 0.341 e. The molecule has 1 amide bonds. The lowest BCUT2D eigenvalue weighted by atomic mass is 10.1. The van der Waals surface area contributed by atoms with Gasteiger partial charge < -0.3 is 9.84 Å². The first-order chi connectivity index (χ1) is 17.0. The number of carboxylic acid groups (broad SMARTS) is 1. The second-order valence-corrected chi connectivity index (χ2v) is 8.91. The predicted molar refractivity (Wildman–Crippen MR) is 141 cm³/mol. The maximum Gasteiger partial charge on any atom is 0.341 e. The van der Waals surface area contributed by atoms with Crippen LogP contribution in [0.3, 0.4) is 0 Å². The Hall–Kier alpha value is -3.84.